The number of nitrogens with zero attached hydrogens (tertiary/aromatic N) is 2. The van der Waals surface area contributed by atoms with Crippen LogP contribution in [0.4, 0.5) is 10.5 Å². The van der Waals surface area contributed by atoms with Gasteiger partial charge in [0.05, 0.1) is 0 Å². The minimum Gasteiger partial charge on any atom is -0.351 e. The minimum atomic E-state index is -0.609. The third-order valence-electron chi connectivity index (χ3n) is 4.52. The lowest BCUT2D eigenvalue weighted by Crippen LogP contribution is -2.49. The maximum absolute atomic E-state index is 12.6. The fourth-order valence-electron chi connectivity index (χ4n) is 3.29. The van der Waals surface area contributed by atoms with Crippen LogP contribution < -0.4 is 16.4 Å². The molecule has 7 heteroatoms. The first kappa shape index (κ1) is 15.8. The number of amides is 3. The van der Waals surface area contributed by atoms with Crippen LogP contribution in [0.15, 0.2) is 24.3 Å². The predicted molar refractivity (Wildman–Crippen MR) is 88.4 cm³/mol. The van der Waals surface area contributed by atoms with Crippen LogP contribution in [0.1, 0.15) is 16.8 Å². The highest BCUT2D eigenvalue weighted by atomic mass is 16.2. The number of nitrogens with one attached hydrogen (secondary N) is 2. The Bertz CT molecular complexity index is 568. The van der Waals surface area contributed by atoms with E-state index in [4.69, 9.17) is 5.73 Å². The molecule has 0 spiro atoms. The van der Waals surface area contributed by atoms with Crippen LogP contribution in [0.5, 0.6) is 0 Å². The van der Waals surface area contributed by atoms with Gasteiger partial charge in [-0.3, -0.25) is 9.69 Å². The standard InChI is InChI=1S/C16H23N5O2/c17-16(23)19-13-3-1-12(2-4-13)15(22)21-8-5-14(11-21)20-9-6-18-7-10-20/h1-4,14,18H,5-11H2,(H3,17,19,23). The van der Waals surface area contributed by atoms with Crippen molar-refractivity contribution >= 4 is 17.6 Å². The Kier molecular flexibility index (Phi) is 4.78. The second kappa shape index (κ2) is 6.97. The fourth-order valence-corrected chi connectivity index (χ4v) is 3.29. The van der Waals surface area contributed by atoms with Gasteiger partial charge >= 0.3 is 6.03 Å². The Morgan fingerprint density at radius 2 is 1.83 bits per heavy atom. The van der Waals surface area contributed by atoms with Crippen molar-refractivity contribution in [2.24, 2.45) is 5.73 Å². The Labute approximate surface area is 135 Å². The normalized spacial score (nSPS) is 22.1. The van der Waals surface area contributed by atoms with Gasteiger partial charge in [-0.05, 0) is 30.7 Å². The summed E-state index contributed by atoms with van der Waals surface area (Å²) in [5.41, 5.74) is 6.31. The zero-order chi connectivity index (χ0) is 16.2. The Balaban J connectivity index is 1.59. The molecule has 0 aliphatic carbocycles. The zero-order valence-electron chi connectivity index (χ0n) is 13.1. The molecule has 2 aliphatic rings. The van der Waals surface area contributed by atoms with E-state index in [-0.39, 0.29) is 5.91 Å². The first-order valence-electron chi connectivity index (χ1n) is 8.04. The van der Waals surface area contributed by atoms with Gasteiger partial charge in [-0.15, -0.1) is 0 Å². The summed E-state index contributed by atoms with van der Waals surface area (Å²) in [6.45, 7) is 5.76. The summed E-state index contributed by atoms with van der Waals surface area (Å²) in [7, 11) is 0. The van der Waals surface area contributed by atoms with E-state index in [0.717, 1.165) is 45.7 Å². The molecule has 4 N–H and O–H groups in total. The van der Waals surface area contributed by atoms with Crippen molar-refractivity contribution in [3.05, 3.63) is 29.8 Å². The second-order valence-corrected chi connectivity index (χ2v) is 6.05. The number of anilines is 1. The summed E-state index contributed by atoms with van der Waals surface area (Å²) in [5.74, 6) is 0.0493. The molecule has 2 saturated heterocycles. The quantitative estimate of drug-likeness (QED) is 0.748. The highest BCUT2D eigenvalue weighted by molar-refractivity contribution is 5.95. The molecule has 2 aliphatic heterocycles. The molecule has 7 nitrogen and oxygen atoms in total. The number of hydrogen-bond donors (Lipinski definition) is 3. The molecule has 3 amide bonds. The molecule has 0 radical (unpaired) electrons. The third kappa shape index (κ3) is 3.80. The van der Waals surface area contributed by atoms with Crippen LogP contribution in [0.3, 0.4) is 0 Å². The number of benzene rings is 1. The molecular weight excluding hydrogens is 294 g/mol. The van der Waals surface area contributed by atoms with E-state index in [2.05, 4.69) is 15.5 Å². The summed E-state index contributed by atoms with van der Waals surface area (Å²) in [6, 6.07) is 6.71. The summed E-state index contributed by atoms with van der Waals surface area (Å²) in [5, 5.41) is 5.85. The van der Waals surface area contributed by atoms with Gasteiger partial charge in [0.15, 0.2) is 0 Å². The number of carbonyl (C=O) groups excluding carboxylic acids is 2. The first-order valence-corrected chi connectivity index (χ1v) is 8.04. The van der Waals surface area contributed by atoms with Crippen LogP contribution in [-0.4, -0.2) is 67.0 Å². The smallest absolute Gasteiger partial charge is 0.316 e. The number of likely N-dealkylation sites (tertiary alicyclic amines) is 1. The van der Waals surface area contributed by atoms with E-state index >= 15 is 0 Å². The molecule has 0 aromatic heterocycles. The topological polar surface area (TPSA) is 90.7 Å². The molecule has 1 unspecified atom stereocenters. The maximum Gasteiger partial charge on any atom is 0.316 e. The highest BCUT2D eigenvalue weighted by Crippen LogP contribution is 2.19. The summed E-state index contributed by atoms with van der Waals surface area (Å²) < 4.78 is 0. The number of urea groups is 1. The van der Waals surface area contributed by atoms with Crippen molar-refractivity contribution in [1.29, 1.82) is 0 Å². The van der Waals surface area contributed by atoms with Crippen molar-refractivity contribution in [2.75, 3.05) is 44.6 Å². The van der Waals surface area contributed by atoms with Gasteiger partial charge in [0.25, 0.3) is 5.91 Å². The molecule has 124 valence electrons. The average Bonchev–Trinajstić information content (AvgIpc) is 3.05. The Hall–Kier alpha value is -2.12. The van der Waals surface area contributed by atoms with Crippen molar-refractivity contribution in [2.45, 2.75) is 12.5 Å². The first-order chi connectivity index (χ1) is 11.1. The van der Waals surface area contributed by atoms with Gasteiger partial charge in [-0.25, -0.2) is 4.79 Å². The Morgan fingerprint density at radius 1 is 1.13 bits per heavy atom. The molecule has 2 heterocycles. The monoisotopic (exact) mass is 317 g/mol. The van der Waals surface area contributed by atoms with Crippen LogP contribution >= 0.6 is 0 Å². The van der Waals surface area contributed by atoms with E-state index in [9.17, 15) is 9.59 Å². The van der Waals surface area contributed by atoms with Crippen LogP contribution in [0.2, 0.25) is 0 Å². The largest absolute Gasteiger partial charge is 0.351 e. The van der Waals surface area contributed by atoms with Crippen molar-refractivity contribution in [1.82, 2.24) is 15.1 Å². The SMILES string of the molecule is NC(=O)Nc1ccc(C(=O)N2CCC(N3CCNCC3)C2)cc1. The van der Waals surface area contributed by atoms with Crippen LogP contribution in [0.25, 0.3) is 0 Å². The molecule has 23 heavy (non-hydrogen) atoms. The number of piperazine rings is 1. The second-order valence-electron chi connectivity index (χ2n) is 6.05. The Morgan fingerprint density at radius 3 is 2.48 bits per heavy atom. The predicted octanol–water partition coefficient (Wildman–Crippen LogP) is 0.297. The van der Waals surface area contributed by atoms with Crippen molar-refractivity contribution in [3.63, 3.8) is 0 Å². The number of primary amides is 1. The lowest BCUT2D eigenvalue weighted by Gasteiger charge is -2.32. The maximum atomic E-state index is 12.6. The number of rotatable bonds is 3. The van der Waals surface area contributed by atoms with Crippen LogP contribution in [0, 0.1) is 0 Å². The van der Waals surface area contributed by atoms with E-state index in [0.29, 0.717) is 17.3 Å². The molecular formula is C16H23N5O2. The van der Waals surface area contributed by atoms with Gasteiger partial charge in [-0.2, -0.15) is 0 Å². The number of carbonyl (C=O) groups is 2. The zero-order valence-corrected chi connectivity index (χ0v) is 13.1. The van der Waals surface area contributed by atoms with E-state index in [1.54, 1.807) is 24.3 Å². The van der Waals surface area contributed by atoms with E-state index < -0.39 is 6.03 Å². The lowest BCUT2D eigenvalue weighted by atomic mass is 10.2. The lowest BCUT2D eigenvalue weighted by molar-refractivity contribution is 0.0773. The van der Waals surface area contributed by atoms with E-state index in [1.165, 1.54) is 0 Å². The van der Waals surface area contributed by atoms with E-state index in [1.807, 2.05) is 4.90 Å². The van der Waals surface area contributed by atoms with Gasteiger partial charge in [0.1, 0.15) is 0 Å². The molecule has 0 bridgehead atoms. The van der Waals surface area contributed by atoms with Gasteiger partial charge < -0.3 is 21.3 Å². The minimum absolute atomic E-state index is 0.0493. The van der Waals surface area contributed by atoms with Gasteiger partial charge in [-0.1, -0.05) is 0 Å². The molecule has 2 fully saturated rings. The number of nitrogens with two attached hydrogens (primary N) is 1. The van der Waals surface area contributed by atoms with Crippen molar-refractivity contribution in [3.8, 4) is 0 Å². The molecule has 1 aromatic rings. The van der Waals surface area contributed by atoms with Gasteiger partial charge in [0, 0.05) is 56.6 Å². The van der Waals surface area contributed by atoms with Crippen LogP contribution in [-0.2, 0) is 0 Å². The van der Waals surface area contributed by atoms with Crippen molar-refractivity contribution < 1.29 is 9.59 Å². The molecule has 1 aromatic carbocycles. The summed E-state index contributed by atoms with van der Waals surface area (Å²) in [4.78, 5) is 27.8. The average molecular weight is 317 g/mol. The number of hydrogen-bond acceptors (Lipinski definition) is 4. The molecule has 3 rings (SSSR count). The van der Waals surface area contributed by atoms with Gasteiger partial charge in [0.2, 0.25) is 0 Å². The summed E-state index contributed by atoms with van der Waals surface area (Å²) in [6.07, 6.45) is 1.03. The fraction of sp³-hybridized carbons (Fsp3) is 0.500. The third-order valence-corrected chi connectivity index (χ3v) is 4.52. The highest BCUT2D eigenvalue weighted by Gasteiger charge is 2.31. The molecule has 1 atom stereocenters. The summed E-state index contributed by atoms with van der Waals surface area (Å²) >= 11 is 0. The molecule has 0 saturated carbocycles.